The average molecular weight is 380 g/mol. The van der Waals surface area contributed by atoms with Crippen LogP contribution in [0.1, 0.15) is 40.0 Å². The Balaban J connectivity index is 1.59. The maximum absolute atomic E-state index is 13.6. The standard InChI is InChI=1S/C23H25FN2O2/c1-15-16(2)26(14-17-5-3-6-19(24)11-17)22-9-8-18(12-21(15)22)23(27)25-13-20-7-4-10-28-20/h3,5-6,8-9,11-12,20H,4,7,10,13-14H2,1-2H3,(H,25,27). The van der Waals surface area contributed by atoms with Gasteiger partial charge >= 0.3 is 0 Å². The zero-order valence-electron chi connectivity index (χ0n) is 16.3. The van der Waals surface area contributed by atoms with Gasteiger partial charge in [0.05, 0.1) is 6.10 Å². The smallest absolute Gasteiger partial charge is 0.251 e. The van der Waals surface area contributed by atoms with Gasteiger partial charge < -0.3 is 14.6 Å². The topological polar surface area (TPSA) is 43.3 Å². The normalized spacial score (nSPS) is 16.6. The van der Waals surface area contributed by atoms with Gasteiger partial charge in [-0.1, -0.05) is 12.1 Å². The van der Waals surface area contributed by atoms with Crippen LogP contribution in [0.5, 0.6) is 0 Å². The van der Waals surface area contributed by atoms with Gasteiger partial charge in [-0.25, -0.2) is 4.39 Å². The van der Waals surface area contributed by atoms with Crippen LogP contribution in [0.4, 0.5) is 4.39 Å². The van der Waals surface area contributed by atoms with Gasteiger partial charge in [-0.15, -0.1) is 0 Å². The maximum atomic E-state index is 13.6. The molecule has 1 saturated heterocycles. The molecule has 1 aliphatic heterocycles. The molecule has 0 bridgehead atoms. The van der Waals surface area contributed by atoms with E-state index in [0.717, 1.165) is 47.2 Å². The average Bonchev–Trinajstić information content (AvgIpc) is 3.29. The summed E-state index contributed by atoms with van der Waals surface area (Å²) in [4.78, 5) is 12.6. The third-order valence-electron chi connectivity index (χ3n) is 5.65. The fourth-order valence-electron chi connectivity index (χ4n) is 3.93. The highest BCUT2D eigenvalue weighted by Crippen LogP contribution is 2.27. The van der Waals surface area contributed by atoms with Crippen molar-refractivity contribution in [3.05, 3.63) is 70.7 Å². The number of benzene rings is 2. The number of ether oxygens (including phenoxy) is 1. The van der Waals surface area contributed by atoms with Gasteiger partial charge in [0.15, 0.2) is 0 Å². The Hall–Kier alpha value is -2.66. The van der Waals surface area contributed by atoms with E-state index in [-0.39, 0.29) is 17.8 Å². The molecule has 2 heterocycles. The first-order valence-electron chi connectivity index (χ1n) is 9.76. The largest absolute Gasteiger partial charge is 0.376 e. The molecular formula is C23H25FN2O2. The Bertz CT molecular complexity index is 1020. The second-order valence-electron chi connectivity index (χ2n) is 7.50. The Morgan fingerprint density at radius 3 is 2.86 bits per heavy atom. The van der Waals surface area contributed by atoms with Crippen molar-refractivity contribution >= 4 is 16.8 Å². The van der Waals surface area contributed by atoms with Gasteiger partial charge in [-0.3, -0.25) is 4.79 Å². The number of carbonyl (C=O) groups excluding carboxylic acids is 1. The maximum Gasteiger partial charge on any atom is 0.251 e. The first-order valence-corrected chi connectivity index (χ1v) is 9.76. The number of hydrogen-bond donors (Lipinski definition) is 1. The minimum atomic E-state index is -0.228. The van der Waals surface area contributed by atoms with Crippen molar-refractivity contribution < 1.29 is 13.9 Å². The lowest BCUT2D eigenvalue weighted by molar-refractivity contribution is 0.0858. The first-order chi connectivity index (χ1) is 13.5. The van der Waals surface area contributed by atoms with Gasteiger partial charge in [0, 0.05) is 41.9 Å². The van der Waals surface area contributed by atoms with E-state index in [1.54, 1.807) is 12.1 Å². The van der Waals surface area contributed by atoms with Crippen molar-refractivity contribution in [3.8, 4) is 0 Å². The highest BCUT2D eigenvalue weighted by atomic mass is 19.1. The zero-order valence-corrected chi connectivity index (χ0v) is 16.3. The predicted octanol–water partition coefficient (Wildman–Crippen LogP) is 4.35. The van der Waals surface area contributed by atoms with Crippen LogP contribution in [0.3, 0.4) is 0 Å². The molecule has 1 aromatic heterocycles. The molecule has 1 aliphatic rings. The van der Waals surface area contributed by atoms with E-state index in [4.69, 9.17) is 4.74 Å². The van der Waals surface area contributed by atoms with Crippen LogP contribution in [0, 0.1) is 19.7 Å². The second-order valence-corrected chi connectivity index (χ2v) is 7.50. The molecule has 1 fully saturated rings. The minimum absolute atomic E-state index is 0.0765. The molecule has 5 heteroatoms. The van der Waals surface area contributed by atoms with Crippen LogP contribution in [0.15, 0.2) is 42.5 Å². The van der Waals surface area contributed by atoms with Crippen molar-refractivity contribution in [2.45, 2.75) is 39.3 Å². The van der Waals surface area contributed by atoms with Crippen LogP contribution in [-0.4, -0.2) is 29.7 Å². The molecule has 4 nitrogen and oxygen atoms in total. The summed E-state index contributed by atoms with van der Waals surface area (Å²) < 4.78 is 21.3. The van der Waals surface area contributed by atoms with Gasteiger partial charge in [0.25, 0.3) is 5.91 Å². The Labute approximate surface area is 164 Å². The van der Waals surface area contributed by atoms with Gasteiger partial charge in [-0.2, -0.15) is 0 Å². The Kier molecular flexibility index (Phi) is 5.18. The molecule has 2 aromatic carbocycles. The number of hydrogen-bond acceptors (Lipinski definition) is 2. The van der Waals surface area contributed by atoms with Crippen LogP contribution in [0.2, 0.25) is 0 Å². The van der Waals surface area contributed by atoms with Crippen molar-refractivity contribution in [3.63, 3.8) is 0 Å². The number of carbonyl (C=O) groups is 1. The lowest BCUT2D eigenvalue weighted by atomic mass is 10.1. The summed E-state index contributed by atoms with van der Waals surface area (Å²) in [5, 5.41) is 4.03. The number of rotatable bonds is 5. The number of aryl methyl sites for hydroxylation is 1. The van der Waals surface area contributed by atoms with Crippen LogP contribution >= 0.6 is 0 Å². The van der Waals surface area contributed by atoms with Gasteiger partial charge in [-0.05, 0) is 68.1 Å². The summed E-state index contributed by atoms with van der Waals surface area (Å²) in [5.74, 6) is -0.305. The van der Waals surface area contributed by atoms with Crippen LogP contribution in [0.25, 0.3) is 10.9 Å². The summed E-state index contributed by atoms with van der Waals surface area (Å²) in [6.07, 6.45) is 2.19. The third-order valence-corrected chi connectivity index (χ3v) is 5.65. The quantitative estimate of drug-likeness (QED) is 0.715. The molecule has 1 atom stereocenters. The van der Waals surface area contributed by atoms with Crippen molar-refractivity contribution in [1.29, 1.82) is 0 Å². The molecule has 0 saturated carbocycles. The Morgan fingerprint density at radius 2 is 2.11 bits per heavy atom. The monoisotopic (exact) mass is 380 g/mol. The number of nitrogens with zero attached hydrogens (tertiary/aromatic N) is 1. The summed E-state index contributed by atoms with van der Waals surface area (Å²) in [5.41, 5.74) is 4.88. The summed E-state index contributed by atoms with van der Waals surface area (Å²) >= 11 is 0. The molecule has 0 radical (unpaired) electrons. The number of nitrogens with one attached hydrogen (secondary N) is 1. The summed E-state index contributed by atoms with van der Waals surface area (Å²) in [6.45, 7) is 6.05. The van der Waals surface area contributed by atoms with E-state index >= 15 is 0 Å². The molecule has 146 valence electrons. The summed E-state index contributed by atoms with van der Waals surface area (Å²) in [6, 6.07) is 12.5. The van der Waals surface area contributed by atoms with Crippen molar-refractivity contribution in [2.24, 2.45) is 0 Å². The fourth-order valence-corrected chi connectivity index (χ4v) is 3.93. The van der Waals surface area contributed by atoms with Crippen molar-refractivity contribution in [1.82, 2.24) is 9.88 Å². The third kappa shape index (κ3) is 3.67. The fraction of sp³-hybridized carbons (Fsp3) is 0.348. The van der Waals surface area contributed by atoms with Gasteiger partial charge in [0.1, 0.15) is 5.82 Å². The zero-order chi connectivity index (χ0) is 19.7. The van der Waals surface area contributed by atoms with Crippen molar-refractivity contribution in [2.75, 3.05) is 13.2 Å². The number of amides is 1. The van der Waals surface area contributed by atoms with E-state index in [2.05, 4.69) is 23.7 Å². The second kappa shape index (κ2) is 7.76. The summed E-state index contributed by atoms with van der Waals surface area (Å²) in [7, 11) is 0. The number of halogens is 1. The van der Waals surface area contributed by atoms with E-state index in [9.17, 15) is 9.18 Å². The van der Waals surface area contributed by atoms with Crippen LogP contribution in [-0.2, 0) is 11.3 Å². The molecule has 1 unspecified atom stereocenters. The van der Waals surface area contributed by atoms with E-state index in [0.29, 0.717) is 18.7 Å². The van der Waals surface area contributed by atoms with E-state index < -0.39 is 0 Å². The highest BCUT2D eigenvalue weighted by Gasteiger charge is 2.18. The highest BCUT2D eigenvalue weighted by molar-refractivity contribution is 5.99. The molecule has 1 N–H and O–H groups in total. The molecular weight excluding hydrogens is 355 g/mol. The number of aromatic nitrogens is 1. The van der Waals surface area contributed by atoms with E-state index in [1.165, 1.54) is 6.07 Å². The lowest BCUT2D eigenvalue weighted by Crippen LogP contribution is -2.31. The number of fused-ring (bicyclic) bond motifs is 1. The van der Waals surface area contributed by atoms with Crippen LogP contribution < -0.4 is 5.32 Å². The molecule has 1 amide bonds. The molecule has 0 spiro atoms. The molecule has 28 heavy (non-hydrogen) atoms. The minimum Gasteiger partial charge on any atom is -0.376 e. The first kappa shape index (κ1) is 18.7. The van der Waals surface area contributed by atoms with Gasteiger partial charge in [0.2, 0.25) is 0 Å². The predicted molar refractivity (Wildman–Crippen MR) is 108 cm³/mol. The molecule has 3 aromatic rings. The SMILES string of the molecule is Cc1c(C)n(Cc2cccc(F)c2)c2ccc(C(=O)NCC3CCCO3)cc12. The molecule has 0 aliphatic carbocycles. The Morgan fingerprint density at radius 1 is 1.25 bits per heavy atom. The lowest BCUT2D eigenvalue weighted by Gasteiger charge is -2.11. The molecule has 4 rings (SSSR count). The van der Waals surface area contributed by atoms with E-state index in [1.807, 2.05) is 24.3 Å².